The van der Waals surface area contributed by atoms with Crippen molar-refractivity contribution in [3.63, 3.8) is 0 Å². The number of fused-ring (bicyclic) bond motifs is 1. The zero-order valence-electron chi connectivity index (χ0n) is 18.2. The molecule has 0 atom stereocenters. The van der Waals surface area contributed by atoms with Crippen LogP contribution < -0.4 is 10.6 Å². The molecule has 0 saturated heterocycles. The highest BCUT2D eigenvalue weighted by Gasteiger charge is 2.14. The number of halogens is 1. The zero-order valence-corrected chi connectivity index (χ0v) is 19.0. The van der Waals surface area contributed by atoms with Crippen molar-refractivity contribution in [3.8, 4) is 0 Å². The van der Waals surface area contributed by atoms with Crippen LogP contribution in [0.2, 0.25) is 0 Å². The molecule has 2 amide bonds. The molecule has 0 radical (unpaired) electrons. The molecule has 170 valence electrons. The molecule has 3 N–H and O–H groups in total. The molecule has 0 aliphatic carbocycles. The van der Waals surface area contributed by atoms with E-state index in [2.05, 4.69) is 50.9 Å². The van der Waals surface area contributed by atoms with Gasteiger partial charge >= 0.3 is 0 Å². The summed E-state index contributed by atoms with van der Waals surface area (Å²) in [6.45, 7) is 2.64. The first-order chi connectivity index (χ1) is 16.0. The lowest BCUT2D eigenvalue weighted by atomic mass is 10.1. The van der Waals surface area contributed by atoms with E-state index in [4.69, 9.17) is 0 Å². The summed E-state index contributed by atoms with van der Waals surface area (Å²) in [7, 11) is 0. The van der Waals surface area contributed by atoms with Crippen LogP contribution in [0.25, 0.3) is 10.9 Å². The number of aromatic amines is 1. The SMILES string of the molecule is Cc1ccc2[nH]cc(CCNC(=O)CCCc3nnc(C(=O)Nc4cccc(F)c4)s3)c2c1. The molecule has 4 rings (SSSR count). The molecule has 7 nitrogen and oxygen atoms in total. The molecule has 2 heterocycles. The molecule has 2 aromatic heterocycles. The Morgan fingerprint density at radius 2 is 2.00 bits per heavy atom. The van der Waals surface area contributed by atoms with Crippen LogP contribution in [0.4, 0.5) is 10.1 Å². The second-order valence-electron chi connectivity index (χ2n) is 7.78. The number of nitrogens with one attached hydrogen (secondary N) is 3. The van der Waals surface area contributed by atoms with Crippen molar-refractivity contribution in [3.05, 3.63) is 75.6 Å². The molecule has 0 spiro atoms. The third-order valence-corrected chi connectivity index (χ3v) is 6.16. The highest BCUT2D eigenvalue weighted by atomic mass is 32.1. The van der Waals surface area contributed by atoms with Crippen LogP contribution in [-0.4, -0.2) is 33.5 Å². The quantitative estimate of drug-likeness (QED) is 0.341. The van der Waals surface area contributed by atoms with Crippen LogP contribution in [0.15, 0.2) is 48.7 Å². The molecule has 4 aromatic rings. The van der Waals surface area contributed by atoms with Gasteiger partial charge in [0.1, 0.15) is 10.8 Å². The zero-order chi connectivity index (χ0) is 23.2. The predicted molar refractivity (Wildman–Crippen MR) is 127 cm³/mol. The minimum Gasteiger partial charge on any atom is -0.361 e. The number of hydrogen-bond acceptors (Lipinski definition) is 5. The fourth-order valence-corrected chi connectivity index (χ4v) is 4.30. The van der Waals surface area contributed by atoms with Gasteiger partial charge in [0.15, 0.2) is 0 Å². The highest BCUT2D eigenvalue weighted by Crippen LogP contribution is 2.20. The lowest BCUT2D eigenvalue weighted by Gasteiger charge is -2.04. The van der Waals surface area contributed by atoms with Gasteiger partial charge in [0.2, 0.25) is 10.9 Å². The number of rotatable bonds is 9. The Morgan fingerprint density at radius 1 is 1.12 bits per heavy atom. The van der Waals surface area contributed by atoms with Crippen LogP contribution >= 0.6 is 11.3 Å². The topological polar surface area (TPSA) is 99.8 Å². The molecule has 33 heavy (non-hydrogen) atoms. The number of amides is 2. The van der Waals surface area contributed by atoms with Gasteiger partial charge in [0.25, 0.3) is 5.91 Å². The number of H-pyrrole nitrogens is 1. The number of benzene rings is 2. The number of carbonyl (C=O) groups is 2. The lowest BCUT2D eigenvalue weighted by Crippen LogP contribution is -2.25. The van der Waals surface area contributed by atoms with Gasteiger partial charge in [-0.3, -0.25) is 9.59 Å². The average Bonchev–Trinajstić information content (AvgIpc) is 3.41. The van der Waals surface area contributed by atoms with Crippen LogP contribution in [0.3, 0.4) is 0 Å². The van der Waals surface area contributed by atoms with Gasteiger partial charge < -0.3 is 15.6 Å². The summed E-state index contributed by atoms with van der Waals surface area (Å²) in [4.78, 5) is 27.7. The summed E-state index contributed by atoms with van der Waals surface area (Å²) in [5, 5.41) is 15.6. The van der Waals surface area contributed by atoms with E-state index in [1.54, 1.807) is 6.07 Å². The number of nitrogens with zero attached hydrogens (tertiary/aromatic N) is 2. The van der Waals surface area contributed by atoms with E-state index in [0.717, 1.165) is 11.9 Å². The van der Waals surface area contributed by atoms with Crippen LogP contribution in [0, 0.1) is 12.7 Å². The third kappa shape index (κ3) is 6.01. The largest absolute Gasteiger partial charge is 0.361 e. The van der Waals surface area contributed by atoms with E-state index in [0.29, 0.717) is 36.5 Å². The number of anilines is 1. The number of carbonyl (C=O) groups excluding carboxylic acids is 2. The Kier molecular flexibility index (Phi) is 7.09. The van der Waals surface area contributed by atoms with Crippen molar-refractivity contribution in [2.75, 3.05) is 11.9 Å². The molecule has 0 unspecified atom stereocenters. The molecule has 0 fully saturated rings. The fraction of sp³-hybridized carbons (Fsp3) is 0.250. The minimum absolute atomic E-state index is 0.0143. The molecular weight excluding hydrogens is 441 g/mol. The maximum Gasteiger partial charge on any atom is 0.286 e. The first-order valence-corrected chi connectivity index (χ1v) is 11.5. The van der Waals surface area contributed by atoms with Gasteiger partial charge in [-0.25, -0.2) is 4.39 Å². The van der Waals surface area contributed by atoms with Crippen molar-refractivity contribution in [2.45, 2.75) is 32.6 Å². The molecular formula is C24H24FN5O2S. The van der Waals surface area contributed by atoms with E-state index in [-0.39, 0.29) is 10.9 Å². The summed E-state index contributed by atoms with van der Waals surface area (Å²) >= 11 is 1.17. The van der Waals surface area contributed by atoms with E-state index in [9.17, 15) is 14.0 Å². The van der Waals surface area contributed by atoms with Gasteiger partial charge in [-0.15, -0.1) is 10.2 Å². The van der Waals surface area contributed by atoms with E-state index >= 15 is 0 Å². The Balaban J connectivity index is 1.19. The van der Waals surface area contributed by atoms with Gasteiger partial charge in [-0.05, 0) is 55.7 Å². The van der Waals surface area contributed by atoms with Crippen molar-refractivity contribution in [2.24, 2.45) is 0 Å². The monoisotopic (exact) mass is 465 g/mol. The summed E-state index contributed by atoms with van der Waals surface area (Å²) in [5.41, 5.74) is 3.85. The summed E-state index contributed by atoms with van der Waals surface area (Å²) in [5.74, 6) is -0.880. The molecule has 0 aliphatic heterocycles. The standard InChI is InChI=1S/C24H24FN5O2S/c1-15-8-9-20-19(12-15)16(14-27-20)10-11-26-21(31)6-3-7-22-29-30-24(33-22)23(32)28-18-5-2-4-17(25)13-18/h2,4-5,8-9,12-14,27H,3,6-7,10-11H2,1H3,(H,26,31)(H,28,32). The van der Waals surface area contributed by atoms with E-state index < -0.39 is 11.7 Å². The van der Waals surface area contributed by atoms with Gasteiger partial charge in [-0.1, -0.05) is 29.0 Å². The van der Waals surface area contributed by atoms with Gasteiger partial charge in [0, 0.05) is 42.2 Å². The van der Waals surface area contributed by atoms with Crippen molar-refractivity contribution < 1.29 is 14.0 Å². The molecule has 0 aliphatic rings. The second kappa shape index (κ2) is 10.4. The number of hydrogen-bond donors (Lipinski definition) is 3. The highest BCUT2D eigenvalue weighted by molar-refractivity contribution is 7.13. The Bertz CT molecular complexity index is 1280. The Morgan fingerprint density at radius 3 is 2.85 bits per heavy atom. The fourth-order valence-electron chi connectivity index (χ4n) is 3.52. The second-order valence-corrected chi connectivity index (χ2v) is 8.84. The molecule has 0 saturated carbocycles. The smallest absolute Gasteiger partial charge is 0.286 e. The average molecular weight is 466 g/mol. The number of aryl methyl sites for hydroxylation is 2. The lowest BCUT2D eigenvalue weighted by molar-refractivity contribution is -0.121. The first-order valence-electron chi connectivity index (χ1n) is 10.7. The third-order valence-electron chi connectivity index (χ3n) is 5.18. The van der Waals surface area contributed by atoms with Crippen molar-refractivity contribution in [1.82, 2.24) is 20.5 Å². The normalized spacial score (nSPS) is 11.0. The van der Waals surface area contributed by atoms with Gasteiger partial charge in [-0.2, -0.15) is 0 Å². The minimum atomic E-state index is -0.436. The van der Waals surface area contributed by atoms with Crippen molar-refractivity contribution in [1.29, 1.82) is 0 Å². The maximum absolute atomic E-state index is 13.2. The Labute approximate surface area is 194 Å². The molecule has 9 heteroatoms. The van der Waals surface area contributed by atoms with Crippen molar-refractivity contribution >= 4 is 39.7 Å². The van der Waals surface area contributed by atoms with Crippen LogP contribution in [0.1, 0.15) is 38.8 Å². The predicted octanol–water partition coefficient (Wildman–Crippen LogP) is 4.40. The van der Waals surface area contributed by atoms with Gasteiger partial charge in [0.05, 0.1) is 0 Å². The maximum atomic E-state index is 13.2. The van der Waals surface area contributed by atoms with E-state index in [1.165, 1.54) is 46.0 Å². The summed E-state index contributed by atoms with van der Waals surface area (Å²) in [6, 6.07) is 11.9. The summed E-state index contributed by atoms with van der Waals surface area (Å²) in [6.07, 6.45) is 4.29. The summed E-state index contributed by atoms with van der Waals surface area (Å²) < 4.78 is 13.2. The molecule has 2 aromatic carbocycles. The van der Waals surface area contributed by atoms with Crippen LogP contribution in [-0.2, 0) is 17.6 Å². The molecule has 0 bridgehead atoms. The number of aromatic nitrogens is 3. The van der Waals surface area contributed by atoms with E-state index in [1.807, 2.05) is 6.20 Å². The first kappa shape index (κ1) is 22.6. The van der Waals surface area contributed by atoms with Crippen LogP contribution in [0.5, 0.6) is 0 Å². The Hall–Kier alpha value is -3.59.